The first-order chi connectivity index (χ1) is 6.88. The monoisotopic (exact) mass is 205 g/mol. The van der Waals surface area contributed by atoms with Gasteiger partial charge in [0.15, 0.2) is 0 Å². The molecule has 0 bridgehead atoms. The first-order valence-electron chi connectivity index (χ1n) is 4.38. The zero-order chi connectivity index (χ0) is 9.80. The minimum Gasteiger partial charge on any atom is -0.0619 e. The van der Waals surface area contributed by atoms with E-state index in [0.717, 1.165) is 9.79 Å². The van der Waals surface area contributed by atoms with Gasteiger partial charge in [-0.05, 0) is 24.3 Å². The molecule has 0 saturated heterocycles. The number of hydrogen-bond acceptors (Lipinski definition) is 0. The standard InChI is InChI=1S/C12H10FS/c13-14(11-7-3-1-4-8-11)12-9-5-2-6-10-12/h1-10H/q+1. The summed E-state index contributed by atoms with van der Waals surface area (Å²) in [6.45, 7) is 0. The van der Waals surface area contributed by atoms with E-state index in [1.54, 1.807) is 0 Å². The fourth-order valence-corrected chi connectivity index (χ4v) is 2.28. The smallest absolute Gasteiger partial charge is 0.0619 e. The van der Waals surface area contributed by atoms with E-state index in [4.69, 9.17) is 0 Å². The molecule has 2 heteroatoms. The van der Waals surface area contributed by atoms with Gasteiger partial charge in [0.05, 0.1) is 0 Å². The van der Waals surface area contributed by atoms with Crippen LogP contribution in [0.15, 0.2) is 70.5 Å². The number of hydrogen-bond donors (Lipinski definition) is 0. The zero-order valence-corrected chi connectivity index (χ0v) is 8.38. The molecule has 0 atom stereocenters. The second-order valence-corrected chi connectivity index (χ2v) is 4.34. The molecule has 0 unspecified atom stereocenters. The molecule has 14 heavy (non-hydrogen) atoms. The molecule has 0 heterocycles. The van der Waals surface area contributed by atoms with Crippen molar-refractivity contribution in [1.29, 1.82) is 0 Å². The molecule has 0 radical (unpaired) electrons. The third-order valence-electron chi connectivity index (χ3n) is 1.90. The van der Waals surface area contributed by atoms with E-state index in [1.807, 2.05) is 60.7 Å². The Balaban J connectivity index is 2.30. The Morgan fingerprint density at radius 1 is 0.643 bits per heavy atom. The van der Waals surface area contributed by atoms with Gasteiger partial charge in [-0.25, -0.2) is 0 Å². The maximum absolute atomic E-state index is 13.9. The molecule has 0 fully saturated rings. The topological polar surface area (TPSA) is 0 Å². The maximum Gasteiger partial charge on any atom is 0.281 e. The highest BCUT2D eigenvalue weighted by molar-refractivity contribution is 7.92. The third kappa shape index (κ3) is 1.96. The highest BCUT2D eigenvalue weighted by Gasteiger charge is 2.25. The van der Waals surface area contributed by atoms with Crippen LogP contribution >= 0.6 is 0 Å². The van der Waals surface area contributed by atoms with Crippen LogP contribution in [-0.2, 0) is 11.3 Å². The molecular weight excluding hydrogens is 195 g/mol. The van der Waals surface area contributed by atoms with Gasteiger partial charge in [-0.15, -0.1) is 0 Å². The van der Waals surface area contributed by atoms with Gasteiger partial charge >= 0.3 is 0 Å². The summed E-state index contributed by atoms with van der Waals surface area (Å²) in [4.78, 5) is 1.47. The van der Waals surface area contributed by atoms with Gasteiger partial charge in [0.1, 0.15) is 0 Å². The summed E-state index contributed by atoms with van der Waals surface area (Å²) in [6.07, 6.45) is 0. The van der Waals surface area contributed by atoms with Crippen molar-refractivity contribution in [2.24, 2.45) is 0 Å². The van der Waals surface area contributed by atoms with E-state index in [2.05, 4.69) is 0 Å². The van der Waals surface area contributed by atoms with E-state index in [9.17, 15) is 3.89 Å². The predicted octanol–water partition coefficient (Wildman–Crippen LogP) is 3.61. The minimum atomic E-state index is -1.30. The third-order valence-corrected chi connectivity index (χ3v) is 3.27. The summed E-state index contributed by atoms with van der Waals surface area (Å²) in [7, 11) is 0. The van der Waals surface area contributed by atoms with Crippen LogP contribution in [0.5, 0.6) is 0 Å². The highest BCUT2D eigenvalue weighted by atomic mass is 32.2. The Morgan fingerprint density at radius 2 is 1.00 bits per heavy atom. The lowest BCUT2D eigenvalue weighted by Gasteiger charge is -1.94. The average Bonchev–Trinajstić information content (AvgIpc) is 2.30. The van der Waals surface area contributed by atoms with Gasteiger partial charge in [0, 0.05) is 3.89 Å². The predicted molar refractivity (Wildman–Crippen MR) is 57.9 cm³/mol. The first kappa shape index (κ1) is 9.28. The zero-order valence-electron chi connectivity index (χ0n) is 7.56. The lowest BCUT2D eigenvalue weighted by atomic mass is 10.4. The second-order valence-electron chi connectivity index (χ2n) is 2.88. The Bertz CT molecular complexity index is 346. The van der Waals surface area contributed by atoms with E-state index >= 15 is 0 Å². The van der Waals surface area contributed by atoms with Gasteiger partial charge < -0.3 is 0 Å². The average molecular weight is 205 g/mol. The minimum absolute atomic E-state index is 0.735. The Morgan fingerprint density at radius 3 is 1.36 bits per heavy atom. The fraction of sp³-hybridized carbons (Fsp3) is 0. The van der Waals surface area contributed by atoms with Crippen molar-refractivity contribution in [1.82, 2.24) is 0 Å². The van der Waals surface area contributed by atoms with Crippen LogP contribution in [0, 0.1) is 0 Å². The van der Waals surface area contributed by atoms with Crippen molar-refractivity contribution in [3.8, 4) is 0 Å². The van der Waals surface area contributed by atoms with Gasteiger partial charge in [0.25, 0.3) is 11.3 Å². The molecule has 0 N–H and O–H groups in total. The van der Waals surface area contributed by atoms with Crippen molar-refractivity contribution in [3.05, 3.63) is 60.7 Å². The van der Waals surface area contributed by atoms with Gasteiger partial charge in [-0.1, -0.05) is 36.4 Å². The summed E-state index contributed by atoms with van der Waals surface area (Å²) < 4.78 is 13.9. The molecule has 0 aliphatic rings. The van der Waals surface area contributed by atoms with Crippen LogP contribution < -0.4 is 0 Å². The van der Waals surface area contributed by atoms with Crippen molar-refractivity contribution in [2.45, 2.75) is 9.79 Å². The van der Waals surface area contributed by atoms with E-state index in [-0.39, 0.29) is 0 Å². The molecule has 2 aromatic rings. The van der Waals surface area contributed by atoms with Crippen LogP contribution in [0.1, 0.15) is 0 Å². The molecule has 0 nitrogen and oxygen atoms in total. The molecule has 0 saturated carbocycles. The van der Waals surface area contributed by atoms with Crippen LogP contribution in [0.2, 0.25) is 0 Å². The summed E-state index contributed by atoms with van der Waals surface area (Å²) in [6, 6.07) is 18.5. The maximum atomic E-state index is 13.9. The molecule has 0 aliphatic carbocycles. The van der Waals surface area contributed by atoms with Crippen LogP contribution in [0.4, 0.5) is 3.89 Å². The van der Waals surface area contributed by atoms with Gasteiger partial charge in [-0.2, -0.15) is 0 Å². The number of benzene rings is 2. The van der Waals surface area contributed by atoms with Crippen molar-refractivity contribution in [2.75, 3.05) is 0 Å². The fourth-order valence-electron chi connectivity index (χ4n) is 1.22. The summed E-state index contributed by atoms with van der Waals surface area (Å²) in [5.74, 6) is 0. The SMILES string of the molecule is F[S+](c1ccccc1)c1ccccc1. The molecule has 2 aromatic carbocycles. The molecule has 0 aliphatic heterocycles. The van der Waals surface area contributed by atoms with Gasteiger partial charge in [0.2, 0.25) is 9.79 Å². The number of halogens is 1. The van der Waals surface area contributed by atoms with Crippen molar-refractivity contribution < 1.29 is 3.89 Å². The van der Waals surface area contributed by atoms with Crippen LogP contribution in [0.3, 0.4) is 0 Å². The van der Waals surface area contributed by atoms with Crippen molar-refractivity contribution in [3.63, 3.8) is 0 Å². The Kier molecular flexibility index (Phi) is 2.84. The summed E-state index contributed by atoms with van der Waals surface area (Å²) in [5.41, 5.74) is 0. The lowest BCUT2D eigenvalue weighted by Crippen LogP contribution is -1.94. The van der Waals surface area contributed by atoms with Crippen LogP contribution in [0.25, 0.3) is 0 Å². The number of rotatable bonds is 2. The summed E-state index contributed by atoms with van der Waals surface area (Å²) in [5, 5.41) is 0. The molecule has 0 spiro atoms. The molecule has 0 amide bonds. The Hall–Kier alpha value is -1.28. The van der Waals surface area contributed by atoms with Crippen LogP contribution in [-0.4, -0.2) is 0 Å². The largest absolute Gasteiger partial charge is 0.281 e. The van der Waals surface area contributed by atoms with Gasteiger partial charge in [-0.3, -0.25) is 0 Å². The quantitative estimate of drug-likeness (QED) is 0.657. The second kappa shape index (κ2) is 4.29. The highest BCUT2D eigenvalue weighted by Crippen LogP contribution is 2.23. The molecule has 70 valence electrons. The summed E-state index contributed by atoms with van der Waals surface area (Å²) >= 11 is -1.30. The molecule has 2 rings (SSSR count). The lowest BCUT2D eigenvalue weighted by molar-refractivity contribution is 0.897. The molecular formula is C12H10FS+. The normalized spacial score (nSPS) is 10.4. The Labute approximate surface area is 86.0 Å². The molecule has 0 aromatic heterocycles. The van der Waals surface area contributed by atoms with E-state index < -0.39 is 11.3 Å². The van der Waals surface area contributed by atoms with E-state index in [1.165, 1.54) is 0 Å². The van der Waals surface area contributed by atoms with E-state index in [0.29, 0.717) is 0 Å². The van der Waals surface area contributed by atoms with Crippen molar-refractivity contribution >= 4 is 11.3 Å². The first-order valence-corrected chi connectivity index (χ1v) is 5.51.